The third-order valence-electron chi connectivity index (χ3n) is 2.18. The number of ether oxygens (including phenoxy) is 1. The van der Waals surface area contributed by atoms with Gasteiger partial charge in [-0.2, -0.15) is 0 Å². The molecule has 0 aromatic heterocycles. The summed E-state index contributed by atoms with van der Waals surface area (Å²) in [5, 5.41) is 5.62. The van der Waals surface area contributed by atoms with Crippen molar-refractivity contribution in [3.8, 4) is 0 Å². The lowest BCUT2D eigenvalue weighted by Crippen LogP contribution is -2.32. The quantitative estimate of drug-likeness (QED) is 0.295. The minimum atomic E-state index is -0.364. The molecule has 0 radical (unpaired) electrons. The smallest absolute Gasteiger partial charge is 0.333 e. The molecular weight excluding hydrogens is 232 g/mol. The highest BCUT2D eigenvalue weighted by Gasteiger charge is 2.00. The summed E-state index contributed by atoms with van der Waals surface area (Å²) in [5.74, 6) is -0.404. The van der Waals surface area contributed by atoms with Crippen LogP contribution in [-0.4, -0.2) is 32.1 Å². The van der Waals surface area contributed by atoms with E-state index in [4.69, 9.17) is 0 Å². The van der Waals surface area contributed by atoms with E-state index < -0.39 is 0 Å². The topological polar surface area (TPSA) is 67.4 Å². The lowest BCUT2D eigenvalue weighted by Gasteiger charge is -2.03. The van der Waals surface area contributed by atoms with Gasteiger partial charge >= 0.3 is 5.97 Å². The van der Waals surface area contributed by atoms with E-state index in [-0.39, 0.29) is 18.4 Å². The van der Waals surface area contributed by atoms with Gasteiger partial charge in [-0.1, -0.05) is 19.4 Å². The van der Waals surface area contributed by atoms with Crippen molar-refractivity contribution < 1.29 is 14.3 Å². The van der Waals surface area contributed by atoms with Gasteiger partial charge in [0.25, 0.3) is 0 Å². The van der Waals surface area contributed by atoms with Crippen molar-refractivity contribution in [1.29, 1.82) is 0 Å². The molecule has 18 heavy (non-hydrogen) atoms. The van der Waals surface area contributed by atoms with Crippen LogP contribution in [0.2, 0.25) is 0 Å². The molecule has 5 heteroatoms. The Bertz CT molecular complexity index is 322. The molecule has 102 valence electrons. The molecule has 0 saturated heterocycles. The fraction of sp³-hybridized carbons (Fsp3) is 0.538. The number of esters is 1. The Kier molecular flexibility index (Phi) is 9.35. The first-order valence-corrected chi connectivity index (χ1v) is 6.03. The Hall–Kier alpha value is -1.78. The Morgan fingerprint density at radius 2 is 2.06 bits per heavy atom. The van der Waals surface area contributed by atoms with Gasteiger partial charge in [0.05, 0.1) is 13.7 Å². The summed E-state index contributed by atoms with van der Waals surface area (Å²) in [6.45, 7) is 4.67. The average Bonchev–Trinajstić information content (AvgIpc) is 2.37. The lowest BCUT2D eigenvalue weighted by atomic mass is 10.3. The molecule has 0 aliphatic carbocycles. The van der Waals surface area contributed by atoms with Crippen molar-refractivity contribution in [3.05, 3.63) is 23.9 Å². The van der Waals surface area contributed by atoms with Crippen molar-refractivity contribution in [2.75, 3.05) is 20.2 Å². The standard InChI is InChI=1S/C13H22N2O3/c1-4-5-9-15-12(16)10-14-8-6-7-11(2)13(17)18-3/h6-8,14H,4-5,9-10H2,1-3H3,(H,15,16)/b8-6-,11-7+. The Balaban J connectivity index is 3.77. The summed E-state index contributed by atoms with van der Waals surface area (Å²) < 4.78 is 4.54. The molecule has 0 atom stereocenters. The third kappa shape index (κ3) is 8.38. The molecule has 0 spiro atoms. The summed E-state index contributed by atoms with van der Waals surface area (Å²) in [4.78, 5) is 22.3. The second-order valence-electron chi connectivity index (χ2n) is 3.78. The van der Waals surface area contributed by atoms with Crippen LogP contribution < -0.4 is 10.6 Å². The van der Waals surface area contributed by atoms with Crippen molar-refractivity contribution in [3.63, 3.8) is 0 Å². The molecule has 0 heterocycles. The first-order chi connectivity index (χ1) is 8.61. The molecule has 0 rings (SSSR count). The number of nitrogens with one attached hydrogen (secondary N) is 2. The zero-order chi connectivity index (χ0) is 13.8. The van der Waals surface area contributed by atoms with Crippen molar-refractivity contribution in [2.24, 2.45) is 0 Å². The average molecular weight is 254 g/mol. The van der Waals surface area contributed by atoms with Crippen LogP contribution >= 0.6 is 0 Å². The van der Waals surface area contributed by atoms with E-state index in [2.05, 4.69) is 22.3 Å². The van der Waals surface area contributed by atoms with Gasteiger partial charge in [0, 0.05) is 12.1 Å². The van der Waals surface area contributed by atoms with E-state index in [1.807, 2.05) is 0 Å². The minimum absolute atomic E-state index is 0.0400. The molecule has 0 unspecified atom stereocenters. The largest absolute Gasteiger partial charge is 0.466 e. The van der Waals surface area contributed by atoms with Crippen molar-refractivity contribution >= 4 is 11.9 Å². The number of unbranched alkanes of at least 4 members (excludes halogenated alkanes) is 1. The van der Waals surface area contributed by atoms with Gasteiger partial charge in [0.1, 0.15) is 0 Å². The van der Waals surface area contributed by atoms with Gasteiger partial charge < -0.3 is 15.4 Å². The molecular formula is C13H22N2O3. The molecule has 1 amide bonds. The number of carbonyl (C=O) groups is 2. The van der Waals surface area contributed by atoms with E-state index in [1.54, 1.807) is 25.3 Å². The van der Waals surface area contributed by atoms with E-state index in [0.717, 1.165) is 12.8 Å². The normalized spacial score (nSPS) is 11.4. The lowest BCUT2D eigenvalue weighted by molar-refractivity contribution is -0.136. The summed E-state index contributed by atoms with van der Waals surface area (Å²) in [5.41, 5.74) is 0.503. The number of amides is 1. The first-order valence-electron chi connectivity index (χ1n) is 6.03. The van der Waals surface area contributed by atoms with Gasteiger partial charge in [0.15, 0.2) is 0 Å². The summed E-state index contributed by atoms with van der Waals surface area (Å²) >= 11 is 0. The van der Waals surface area contributed by atoms with Crippen LogP contribution in [0.1, 0.15) is 26.7 Å². The highest BCUT2D eigenvalue weighted by molar-refractivity contribution is 5.87. The van der Waals surface area contributed by atoms with Crippen molar-refractivity contribution in [1.82, 2.24) is 10.6 Å². The van der Waals surface area contributed by atoms with E-state index in [0.29, 0.717) is 12.1 Å². The number of rotatable bonds is 8. The van der Waals surface area contributed by atoms with Gasteiger partial charge in [-0.15, -0.1) is 0 Å². The maximum Gasteiger partial charge on any atom is 0.333 e. The Labute approximate surface area is 108 Å². The van der Waals surface area contributed by atoms with Crippen LogP contribution in [0.15, 0.2) is 23.9 Å². The summed E-state index contributed by atoms with van der Waals surface area (Å²) in [7, 11) is 1.34. The predicted octanol–water partition coefficient (Wildman–Crippen LogP) is 1.13. The number of allylic oxidation sites excluding steroid dienone is 2. The van der Waals surface area contributed by atoms with Crippen LogP contribution in [0.25, 0.3) is 0 Å². The van der Waals surface area contributed by atoms with Crippen LogP contribution in [0, 0.1) is 0 Å². The second kappa shape index (κ2) is 10.4. The van der Waals surface area contributed by atoms with E-state index >= 15 is 0 Å². The zero-order valence-electron chi connectivity index (χ0n) is 11.3. The Morgan fingerprint density at radius 3 is 2.67 bits per heavy atom. The maximum absolute atomic E-state index is 11.3. The third-order valence-corrected chi connectivity index (χ3v) is 2.18. The van der Waals surface area contributed by atoms with Crippen LogP contribution in [0.5, 0.6) is 0 Å². The molecule has 0 aromatic rings. The van der Waals surface area contributed by atoms with Crippen LogP contribution in [0.3, 0.4) is 0 Å². The maximum atomic E-state index is 11.3. The highest BCUT2D eigenvalue weighted by atomic mass is 16.5. The van der Waals surface area contributed by atoms with Gasteiger partial charge in [-0.25, -0.2) is 4.79 Å². The fourth-order valence-corrected chi connectivity index (χ4v) is 1.11. The zero-order valence-corrected chi connectivity index (χ0v) is 11.3. The first kappa shape index (κ1) is 16.2. The van der Waals surface area contributed by atoms with Crippen LogP contribution in [-0.2, 0) is 14.3 Å². The number of hydrogen-bond acceptors (Lipinski definition) is 4. The Morgan fingerprint density at radius 1 is 1.33 bits per heavy atom. The molecule has 0 fully saturated rings. The SMILES string of the molecule is CCCCNC(=O)CN/C=C\C=C(/C)C(=O)OC. The number of carbonyl (C=O) groups excluding carboxylic acids is 2. The molecule has 0 aliphatic heterocycles. The van der Waals surface area contributed by atoms with Gasteiger partial charge in [-0.3, -0.25) is 4.79 Å². The molecule has 0 saturated carbocycles. The molecule has 0 aromatic carbocycles. The summed E-state index contributed by atoms with van der Waals surface area (Å²) in [6, 6.07) is 0. The molecule has 0 aliphatic rings. The fourth-order valence-electron chi connectivity index (χ4n) is 1.11. The number of methoxy groups -OCH3 is 1. The van der Waals surface area contributed by atoms with E-state index in [1.165, 1.54) is 7.11 Å². The molecule has 2 N–H and O–H groups in total. The second-order valence-corrected chi connectivity index (χ2v) is 3.78. The van der Waals surface area contributed by atoms with Crippen molar-refractivity contribution in [2.45, 2.75) is 26.7 Å². The molecule has 0 bridgehead atoms. The monoisotopic (exact) mass is 254 g/mol. The predicted molar refractivity (Wildman–Crippen MR) is 70.8 cm³/mol. The molecule has 5 nitrogen and oxygen atoms in total. The minimum Gasteiger partial charge on any atom is -0.466 e. The number of hydrogen-bond donors (Lipinski definition) is 2. The highest BCUT2D eigenvalue weighted by Crippen LogP contribution is 1.94. The summed E-state index contributed by atoms with van der Waals surface area (Å²) in [6.07, 6.45) is 6.94. The van der Waals surface area contributed by atoms with Crippen LogP contribution in [0.4, 0.5) is 0 Å². The van der Waals surface area contributed by atoms with Gasteiger partial charge in [0.2, 0.25) is 5.91 Å². The van der Waals surface area contributed by atoms with E-state index in [9.17, 15) is 9.59 Å². The van der Waals surface area contributed by atoms with Gasteiger partial charge in [-0.05, 0) is 25.6 Å².